The van der Waals surface area contributed by atoms with Crippen molar-refractivity contribution in [2.45, 2.75) is 23.9 Å². The highest BCUT2D eigenvalue weighted by molar-refractivity contribution is 7.53. The summed E-state index contributed by atoms with van der Waals surface area (Å²) in [6.07, 6.45) is 1.04. The fraction of sp³-hybridized carbons (Fsp3) is 0.400. The molecular weight excluding hydrogens is 462 g/mol. The average molecular weight is 488 g/mol. The van der Waals surface area contributed by atoms with Crippen LogP contribution in [0.25, 0.3) is 11.1 Å². The summed E-state index contributed by atoms with van der Waals surface area (Å²) >= 11 is 0. The molecule has 0 atom stereocenters. The van der Waals surface area contributed by atoms with E-state index in [0.717, 1.165) is 50.7 Å². The summed E-state index contributed by atoms with van der Waals surface area (Å²) in [6, 6.07) is 9.77. The highest BCUT2D eigenvalue weighted by atomic mass is 31.2. The SMILES string of the molecule is COC(OC)(c1ccc2c(c1)CCc1cc(C(OC)(OC)P(=O)(O)O)ccc1-2)P(=O)(O)O. The van der Waals surface area contributed by atoms with Crippen LogP contribution in [0.3, 0.4) is 0 Å². The van der Waals surface area contributed by atoms with Crippen LogP contribution in [0, 0.1) is 0 Å². The minimum atomic E-state index is -4.83. The first-order valence-electron chi connectivity index (χ1n) is 9.50. The van der Waals surface area contributed by atoms with Crippen molar-refractivity contribution in [2.24, 2.45) is 0 Å². The standard InChI is InChI=1S/C20H26O10P2/c1-27-19(28-2,31(21,22)23)15-7-9-17-13(11-15)5-6-14-12-16(8-10-18(14)17)20(29-3,30-4)32(24,25)26/h7-12H,5-6H2,1-4H3,(H2,21,22,23)(H2,24,25,26). The number of benzene rings is 2. The van der Waals surface area contributed by atoms with Crippen molar-refractivity contribution < 1.29 is 47.7 Å². The first-order valence-corrected chi connectivity index (χ1v) is 12.7. The third kappa shape index (κ3) is 3.81. The fourth-order valence-electron chi connectivity index (χ4n) is 4.24. The lowest BCUT2D eigenvalue weighted by Crippen LogP contribution is -2.31. The zero-order chi connectivity index (χ0) is 23.9. The summed E-state index contributed by atoms with van der Waals surface area (Å²) in [5, 5.41) is 0. The lowest BCUT2D eigenvalue weighted by Gasteiger charge is -2.33. The zero-order valence-corrected chi connectivity index (χ0v) is 19.8. The van der Waals surface area contributed by atoms with Crippen molar-refractivity contribution in [2.75, 3.05) is 28.4 Å². The van der Waals surface area contributed by atoms with Crippen LogP contribution in [0.1, 0.15) is 22.3 Å². The van der Waals surface area contributed by atoms with E-state index >= 15 is 0 Å². The molecule has 0 unspecified atom stereocenters. The monoisotopic (exact) mass is 488 g/mol. The van der Waals surface area contributed by atoms with Crippen molar-refractivity contribution in [1.82, 2.24) is 0 Å². The van der Waals surface area contributed by atoms with Crippen LogP contribution in [-0.4, -0.2) is 48.0 Å². The van der Waals surface area contributed by atoms with E-state index in [4.69, 9.17) is 18.9 Å². The summed E-state index contributed by atoms with van der Waals surface area (Å²) in [7, 11) is -4.99. The Hall–Kier alpha value is -1.42. The van der Waals surface area contributed by atoms with Gasteiger partial charge in [-0.15, -0.1) is 0 Å². The van der Waals surface area contributed by atoms with Gasteiger partial charge in [0.25, 0.3) is 11.1 Å². The second-order valence-electron chi connectivity index (χ2n) is 7.31. The molecule has 4 N–H and O–H groups in total. The molecule has 0 spiro atoms. The molecule has 0 saturated heterocycles. The van der Waals surface area contributed by atoms with Gasteiger partial charge >= 0.3 is 15.2 Å². The topological polar surface area (TPSA) is 152 Å². The Labute approximate surface area is 185 Å². The summed E-state index contributed by atoms with van der Waals surface area (Å²) in [6.45, 7) is 0. The Balaban J connectivity index is 2.11. The summed E-state index contributed by atoms with van der Waals surface area (Å²) in [4.78, 5) is 39.3. The van der Waals surface area contributed by atoms with Gasteiger partial charge in [0.1, 0.15) is 0 Å². The van der Waals surface area contributed by atoms with Crippen LogP contribution in [0.15, 0.2) is 36.4 Å². The van der Waals surface area contributed by atoms with E-state index in [0.29, 0.717) is 12.8 Å². The first-order chi connectivity index (χ1) is 14.9. The van der Waals surface area contributed by atoms with E-state index in [9.17, 15) is 28.7 Å². The zero-order valence-electron chi connectivity index (χ0n) is 18.0. The van der Waals surface area contributed by atoms with Gasteiger partial charge in [0, 0.05) is 39.6 Å². The number of ether oxygens (including phenoxy) is 4. The predicted molar refractivity (Wildman–Crippen MR) is 115 cm³/mol. The molecule has 0 saturated carbocycles. The Morgan fingerprint density at radius 3 is 1.22 bits per heavy atom. The quantitative estimate of drug-likeness (QED) is 0.322. The normalized spacial score (nSPS) is 14.8. The van der Waals surface area contributed by atoms with Gasteiger partial charge in [-0.25, -0.2) is 0 Å². The van der Waals surface area contributed by atoms with Crippen LogP contribution in [0.5, 0.6) is 0 Å². The number of aryl methyl sites for hydroxylation is 2. The highest BCUT2D eigenvalue weighted by Gasteiger charge is 2.51. The molecule has 1 aliphatic rings. The molecule has 12 heteroatoms. The number of hydrogen-bond acceptors (Lipinski definition) is 6. The summed E-state index contributed by atoms with van der Waals surface area (Å²) in [5.74, 6) is 0. The number of rotatable bonds is 8. The minimum Gasteiger partial charge on any atom is -0.340 e. The molecule has 1 aliphatic carbocycles. The molecule has 10 nitrogen and oxygen atoms in total. The largest absolute Gasteiger partial charge is 0.389 e. The number of fused-ring (bicyclic) bond motifs is 3. The van der Waals surface area contributed by atoms with Gasteiger partial charge in [-0.1, -0.05) is 24.3 Å². The molecule has 0 heterocycles. The molecule has 32 heavy (non-hydrogen) atoms. The molecule has 0 aromatic heterocycles. The Morgan fingerprint density at radius 2 is 0.969 bits per heavy atom. The van der Waals surface area contributed by atoms with Gasteiger partial charge in [0.2, 0.25) is 0 Å². The predicted octanol–water partition coefficient (Wildman–Crippen LogP) is 2.61. The van der Waals surface area contributed by atoms with Crippen LogP contribution in [0.2, 0.25) is 0 Å². The fourth-order valence-corrected chi connectivity index (χ4v) is 6.14. The molecule has 0 bridgehead atoms. The molecule has 0 amide bonds. The molecule has 3 rings (SSSR count). The van der Waals surface area contributed by atoms with E-state index in [1.54, 1.807) is 24.3 Å². The maximum absolute atomic E-state index is 12.1. The van der Waals surface area contributed by atoms with Gasteiger partial charge in [-0.3, -0.25) is 9.13 Å². The third-order valence-corrected chi connectivity index (χ3v) is 8.55. The lowest BCUT2D eigenvalue weighted by atomic mass is 9.84. The van der Waals surface area contributed by atoms with Crippen molar-refractivity contribution in [1.29, 1.82) is 0 Å². The van der Waals surface area contributed by atoms with E-state index in [2.05, 4.69) is 0 Å². The van der Waals surface area contributed by atoms with Gasteiger partial charge < -0.3 is 38.5 Å². The minimum absolute atomic E-state index is 0.189. The number of hydrogen-bond donors (Lipinski definition) is 4. The average Bonchev–Trinajstić information content (AvgIpc) is 2.74. The Kier molecular flexibility index (Phi) is 6.88. The van der Waals surface area contributed by atoms with Gasteiger partial charge in [0.15, 0.2) is 0 Å². The number of methoxy groups -OCH3 is 4. The van der Waals surface area contributed by atoms with E-state index < -0.39 is 26.2 Å². The van der Waals surface area contributed by atoms with Crippen molar-refractivity contribution >= 4 is 15.2 Å². The molecule has 0 radical (unpaired) electrons. The smallest absolute Gasteiger partial charge is 0.340 e. The van der Waals surface area contributed by atoms with E-state index in [1.165, 1.54) is 12.1 Å². The second kappa shape index (κ2) is 8.74. The maximum Gasteiger partial charge on any atom is 0.389 e. The molecule has 2 aromatic carbocycles. The van der Waals surface area contributed by atoms with Crippen LogP contribution in [-0.2, 0) is 52.0 Å². The van der Waals surface area contributed by atoms with E-state index in [1.807, 2.05) is 0 Å². The summed E-state index contributed by atoms with van der Waals surface area (Å²) < 4.78 is 44.7. The molecule has 0 aliphatic heterocycles. The van der Waals surface area contributed by atoms with Gasteiger partial charge in [-0.05, 0) is 47.2 Å². The van der Waals surface area contributed by atoms with Crippen LogP contribution < -0.4 is 0 Å². The van der Waals surface area contributed by atoms with Gasteiger partial charge in [0.05, 0.1) is 0 Å². The van der Waals surface area contributed by atoms with E-state index in [-0.39, 0.29) is 11.1 Å². The first kappa shape index (κ1) is 25.2. The molecule has 2 aromatic rings. The van der Waals surface area contributed by atoms with Crippen molar-refractivity contribution in [3.63, 3.8) is 0 Å². The summed E-state index contributed by atoms with van der Waals surface area (Å²) in [5.41, 5.74) is -0.750. The van der Waals surface area contributed by atoms with Crippen LogP contribution >= 0.6 is 15.2 Å². The molecule has 176 valence electrons. The highest BCUT2D eigenvalue weighted by Crippen LogP contribution is 2.59. The molecule has 0 fully saturated rings. The Bertz CT molecular complexity index is 1010. The maximum atomic E-state index is 12.1. The third-order valence-electron chi connectivity index (χ3n) is 5.77. The Morgan fingerprint density at radius 1 is 0.656 bits per heavy atom. The van der Waals surface area contributed by atoms with Crippen LogP contribution in [0.4, 0.5) is 0 Å². The lowest BCUT2D eigenvalue weighted by molar-refractivity contribution is -0.162. The molecular formula is C20H26O10P2. The van der Waals surface area contributed by atoms with Gasteiger partial charge in [-0.2, -0.15) is 0 Å². The second-order valence-corrected chi connectivity index (χ2v) is 10.7. The van der Waals surface area contributed by atoms with Crippen molar-refractivity contribution in [3.8, 4) is 11.1 Å². The van der Waals surface area contributed by atoms with Crippen molar-refractivity contribution in [3.05, 3.63) is 58.7 Å².